The molecule has 14 heteroatoms. The zero-order valence-electron chi connectivity index (χ0n) is 30.8. The van der Waals surface area contributed by atoms with E-state index in [0.29, 0.717) is 55.5 Å². The number of piperazine rings is 1. The summed E-state index contributed by atoms with van der Waals surface area (Å²) in [5, 5.41) is 14.5. The van der Waals surface area contributed by atoms with Crippen LogP contribution in [0.2, 0.25) is 0 Å². The van der Waals surface area contributed by atoms with Crippen molar-refractivity contribution in [3.05, 3.63) is 60.3 Å². The second-order valence-electron chi connectivity index (χ2n) is 16.0. The number of fused-ring (bicyclic) bond motifs is 5. The number of halogens is 3. The number of alkyl halides is 1. The number of aromatic nitrogens is 3. The molecule has 2 aromatic carbocycles. The van der Waals surface area contributed by atoms with E-state index in [0.717, 1.165) is 38.6 Å². The first-order valence-corrected chi connectivity index (χ1v) is 19.4. The van der Waals surface area contributed by atoms with E-state index in [1.54, 1.807) is 0 Å². The summed E-state index contributed by atoms with van der Waals surface area (Å²) >= 11 is 0. The quantitative estimate of drug-likeness (QED) is 0.179. The third-order valence-electron chi connectivity index (χ3n) is 12.7. The molecular weight excluding hydrogens is 724 g/mol. The number of nitrogens with zero attached hydrogens (tertiary/aromatic N) is 6. The molecule has 6 unspecified atom stereocenters. The van der Waals surface area contributed by atoms with Crippen molar-refractivity contribution in [2.45, 2.75) is 81.2 Å². The molecule has 6 heterocycles. The Kier molecular flexibility index (Phi) is 9.03. The van der Waals surface area contributed by atoms with Crippen LogP contribution in [0.25, 0.3) is 32.9 Å². The van der Waals surface area contributed by atoms with Gasteiger partial charge in [0.25, 0.3) is 0 Å². The van der Waals surface area contributed by atoms with E-state index >= 15 is 4.39 Å². The fourth-order valence-corrected chi connectivity index (χ4v) is 10.2. The minimum absolute atomic E-state index is 0.0719. The van der Waals surface area contributed by atoms with Crippen LogP contribution in [0.1, 0.15) is 56.9 Å². The van der Waals surface area contributed by atoms with Crippen LogP contribution in [0.3, 0.4) is 0 Å². The van der Waals surface area contributed by atoms with Crippen molar-refractivity contribution < 1.29 is 32.6 Å². The number of nitrogens with one attached hydrogen (secondary N) is 1. The summed E-state index contributed by atoms with van der Waals surface area (Å²) in [6, 6.07) is 5.00. The molecule has 5 aliphatic rings. The van der Waals surface area contributed by atoms with Gasteiger partial charge in [0.1, 0.15) is 41.4 Å². The summed E-state index contributed by atoms with van der Waals surface area (Å²) in [5.74, 6) is 0.724. The SMILES string of the molecule is C#Cc1c(F)ccc2cc(O)cc(-c3ncc4c(N5CC6CCC(C5)N6C(=O)C5CCC(NC(=O)C=C)C5)nc(OCC56CCCN5CC(F)C6)nc4c3F)c12. The third kappa shape index (κ3) is 6.07. The molecular formula is C42H42F3N7O4. The Morgan fingerprint density at radius 2 is 1.93 bits per heavy atom. The Morgan fingerprint density at radius 3 is 2.70 bits per heavy atom. The van der Waals surface area contributed by atoms with Gasteiger partial charge in [-0.2, -0.15) is 9.97 Å². The Labute approximate surface area is 321 Å². The van der Waals surface area contributed by atoms with Gasteiger partial charge in [-0.25, -0.2) is 13.2 Å². The van der Waals surface area contributed by atoms with Crippen molar-refractivity contribution in [3.63, 3.8) is 0 Å². The second kappa shape index (κ2) is 14.0. The fourth-order valence-electron chi connectivity index (χ4n) is 10.2. The minimum atomic E-state index is -0.969. The maximum Gasteiger partial charge on any atom is 0.319 e. The van der Waals surface area contributed by atoms with Gasteiger partial charge in [-0.15, -0.1) is 6.42 Å². The normalized spacial score (nSPS) is 27.1. The van der Waals surface area contributed by atoms with Gasteiger partial charge in [0, 0.05) is 67.2 Å². The van der Waals surface area contributed by atoms with Crippen LogP contribution in [0.5, 0.6) is 11.8 Å². The molecule has 1 saturated carbocycles. The van der Waals surface area contributed by atoms with E-state index in [4.69, 9.17) is 16.1 Å². The van der Waals surface area contributed by atoms with Crippen molar-refractivity contribution in [2.24, 2.45) is 5.92 Å². The third-order valence-corrected chi connectivity index (χ3v) is 12.7. The van der Waals surface area contributed by atoms with Crippen molar-refractivity contribution in [1.29, 1.82) is 0 Å². The highest BCUT2D eigenvalue weighted by atomic mass is 19.1. The lowest BCUT2D eigenvalue weighted by atomic mass is 9.95. The van der Waals surface area contributed by atoms with Crippen LogP contribution in [0, 0.1) is 29.9 Å². The van der Waals surface area contributed by atoms with Crippen LogP contribution in [0.4, 0.5) is 19.0 Å². The molecule has 2 bridgehead atoms. The molecule has 11 nitrogen and oxygen atoms in total. The molecule has 4 saturated heterocycles. The number of anilines is 1. The zero-order chi connectivity index (χ0) is 38.9. The van der Waals surface area contributed by atoms with Crippen LogP contribution >= 0.6 is 0 Å². The van der Waals surface area contributed by atoms with Crippen LogP contribution in [-0.4, -0.2) is 104 Å². The number of rotatable bonds is 8. The van der Waals surface area contributed by atoms with E-state index in [9.17, 15) is 23.5 Å². The Morgan fingerprint density at radius 1 is 1.12 bits per heavy atom. The smallest absolute Gasteiger partial charge is 0.319 e. The number of pyridine rings is 1. The van der Waals surface area contributed by atoms with Crippen molar-refractivity contribution in [2.75, 3.05) is 37.7 Å². The average Bonchev–Trinajstić information content (AvgIpc) is 3.95. The molecule has 0 radical (unpaired) electrons. The first kappa shape index (κ1) is 36.2. The van der Waals surface area contributed by atoms with Gasteiger partial charge < -0.3 is 25.0 Å². The molecule has 290 valence electrons. The summed E-state index contributed by atoms with van der Waals surface area (Å²) < 4.78 is 53.1. The number of phenols is 1. The number of phenolic OH excluding ortho intramolecular Hbond substituents is 1. The van der Waals surface area contributed by atoms with Gasteiger partial charge >= 0.3 is 6.01 Å². The molecule has 2 amide bonds. The maximum absolute atomic E-state index is 17.1. The summed E-state index contributed by atoms with van der Waals surface area (Å²) in [4.78, 5) is 46.0. The van der Waals surface area contributed by atoms with E-state index in [-0.39, 0.29) is 81.9 Å². The van der Waals surface area contributed by atoms with Crippen LogP contribution < -0.4 is 15.0 Å². The van der Waals surface area contributed by atoms with Gasteiger partial charge in [-0.3, -0.25) is 19.5 Å². The minimum Gasteiger partial charge on any atom is -0.508 e. The van der Waals surface area contributed by atoms with Crippen molar-refractivity contribution in [1.82, 2.24) is 30.1 Å². The van der Waals surface area contributed by atoms with E-state index in [1.807, 2.05) is 9.80 Å². The standard InChI is InChI=1S/C42H42F3N7O4/c1-3-30-33(44)11-7-23-15-29(53)16-31(35(23)30)37-36(45)38-32(18-46-37)39(49-41(48-38)56-22-42-12-5-13-51(42)19-25(43)17-42)50-20-27-9-10-28(21-50)52(27)40(55)24-6-8-26(14-24)47-34(54)4-2/h1,4,7,11,15-16,18,24-28,53H,2,5-6,8-10,12-14,17,19-22H2,(H,47,54). The number of ether oxygens (including phenoxy) is 1. The van der Waals surface area contributed by atoms with Crippen molar-refractivity contribution >= 4 is 39.3 Å². The molecule has 4 aliphatic heterocycles. The summed E-state index contributed by atoms with van der Waals surface area (Å²) in [5.41, 5.74) is -0.785. The lowest BCUT2D eigenvalue weighted by Crippen LogP contribution is -2.57. The summed E-state index contributed by atoms with van der Waals surface area (Å²) in [7, 11) is 0. The number of terminal acetylenes is 1. The monoisotopic (exact) mass is 765 g/mol. The van der Waals surface area contributed by atoms with Gasteiger partial charge in [-0.1, -0.05) is 18.6 Å². The topological polar surface area (TPSA) is 124 Å². The number of carbonyl (C=O) groups excluding carboxylic acids is 2. The first-order chi connectivity index (χ1) is 27.1. The summed E-state index contributed by atoms with van der Waals surface area (Å²) in [6.07, 6.45) is 13.0. The Bertz CT molecular complexity index is 2320. The predicted molar refractivity (Wildman–Crippen MR) is 204 cm³/mol. The van der Waals surface area contributed by atoms with E-state index < -0.39 is 23.3 Å². The number of hydrogen-bond acceptors (Lipinski definition) is 9. The Balaban J connectivity index is 1.08. The van der Waals surface area contributed by atoms with Gasteiger partial charge in [-0.05, 0) is 81.2 Å². The highest BCUT2D eigenvalue weighted by molar-refractivity contribution is 6.03. The van der Waals surface area contributed by atoms with Gasteiger partial charge in [0.05, 0.1) is 16.5 Å². The van der Waals surface area contributed by atoms with Crippen LogP contribution in [0.15, 0.2) is 43.1 Å². The molecule has 6 atom stereocenters. The number of amides is 2. The molecule has 5 fully saturated rings. The maximum atomic E-state index is 17.1. The number of hydrogen-bond donors (Lipinski definition) is 2. The zero-order valence-corrected chi connectivity index (χ0v) is 30.8. The van der Waals surface area contributed by atoms with Crippen molar-refractivity contribution in [3.8, 4) is 35.4 Å². The van der Waals surface area contributed by atoms with Crippen LogP contribution in [-0.2, 0) is 9.59 Å². The Hall–Kier alpha value is -5.42. The largest absolute Gasteiger partial charge is 0.508 e. The number of carbonyl (C=O) groups is 2. The van der Waals surface area contributed by atoms with E-state index in [1.165, 1.54) is 36.5 Å². The molecule has 9 rings (SSSR count). The molecule has 2 aromatic heterocycles. The lowest BCUT2D eigenvalue weighted by Gasteiger charge is -2.43. The highest BCUT2D eigenvalue weighted by Crippen LogP contribution is 2.43. The molecule has 1 aliphatic carbocycles. The van der Waals surface area contributed by atoms with Gasteiger partial charge in [0.15, 0.2) is 5.82 Å². The first-order valence-electron chi connectivity index (χ1n) is 19.4. The average molecular weight is 766 g/mol. The lowest BCUT2D eigenvalue weighted by molar-refractivity contribution is -0.139. The van der Waals surface area contributed by atoms with Gasteiger partial charge in [0.2, 0.25) is 11.8 Å². The molecule has 4 aromatic rings. The second-order valence-corrected chi connectivity index (χ2v) is 16.0. The predicted octanol–water partition coefficient (Wildman–Crippen LogP) is 5.42. The van der Waals surface area contributed by atoms with E-state index in [2.05, 4.69) is 32.7 Å². The fraction of sp³-hybridized carbons (Fsp3) is 0.452. The molecule has 56 heavy (non-hydrogen) atoms. The summed E-state index contributed by atoms with van der Waals surface area (Å²) in [6.45, 7) is 5.63. The molecule has 0 spiro atoms. The molecule has 2 N–H and O–H groups in total. The highest BCUT2D eigenvalue weighted by Gasteiger charge is 2.50. The number of aromatic hydroxyl groups is 1. The number of benzene rings is 2.